The van der Waals surface area contributed by atoms with Gasteiger partial charge in [0.1, 0.15) is 12.7 Å². The Hall–Kier alpha value is -1.59. The smallest absolute Gasteiger partial charge is 0.305 e. The van der Waals surface area contributed by atoms with Crippen LogP contribution in [0.3, 0.4) is 0 Å². The number of carbonyl (C=O) groups is 1. The normalized spacial score (nSPS) is 19.7. The molecule has 2 aliphatic heterocycles. The molecule has 0 aromatic heterocycles. The van der Waals surface area contributed by atoms with Gasteiger partial charge in [0, 0.05) is 19.2 Å². The van der Waals surface area contributed by atoms with Crippen LogP contribution in [0, 0.1) is 6.92 Å². The largest absolute Gasteiger partial charge is 0.463 e. The first-order chi connectivity index (χ1) is 22.4. The van der Waals surface area contributed by atoms with Gasteiger partial charge in [-0.3, -0.25) is 4.79 Å². The number of thioether (sulfide) groups is 1. The van der Waals surface area contributed by atoms with E-state index in [2.05, 4.69) is 6.92 Å². The van der Waals surface area contributed by atoms with Gasteiger partial charge < -0.3 is 19.1 Å². The van der Waals surface area contributed by atoms with Crippen LogP contribution >= 0.6 is 11.8 Å². The SMILES string of the molecule is CCCCCCCCCCCCCCCC1OCC(COC(=O)CCCCCCN2C=CSC2OS(=O)(=O)c2ccc(C)cc2)O1. The minimum atomic E-state index is -3.84. The summed E-state index contributed by atoms with van der Waals surface area (Å²) < 4.78 is 48.0. The molecule has 2 heterocycles. The minimum Gasteiger partial charge on any atom is -0.463 e. The first-order valence-electron chi connectivity index (χ1n) is 17.9. The molecule has 3 atom stereocenters. The van der Waals surface area contributed by atoms with Crippen LogP contribution < -0.4 is 0 Å². The van der Waals surface area contributed by atoms with Crippen LogP contribution in [0.4, 0.5) is 0 Å². The third kappa shape index (κ3) is 16.0. The summed E-state index contributed by atoms with van der Waals surface area (Å²) in [7, 11) is -3.84. The number of aryl methyl sites for hydroxylation is 1. The van der Waals surface area contributed by atoms with E-state index in [4.69, 9.17) is 18.4 Å². The summed E-state index contributed by atoms with van der Waals surface area (Å²) in [6, 6.07) is 6.66. The van der Waals surface area contributed by atoms with Gasteiger partial charge in [-0.25, -0.2) is 4.18 Å². The van der Waals surface area contributed by atoms with E-state index in [0.29, 0.717) is 19.6 Å². The van der Waals surface area contributed by atoms with E-state index in [1.807, 2.05) is 23.4 Å². The molecule has 1 saturated heterocycles. The van der Waals surface area contributed by atoms with Crippen LogP contribution in [-0.4, -0.2) is 57.0 Å². The van der Waals surface area contributed by atoms with Gasteiger partial charge in [0.2, 0.25) is 5.56 Å². The summed E-state index contributed by atoms with van der Waals surface area (Å²) >= 11 is 1.34. The van der Waals surface area contributed by atoms with Crippen LogP contribution in [-0.2, 0) is 33.3 Å². The molecule has 10 heteroatoms. The molecule has 262 valence electrons. The summed E-state index contributed by atoms with van der Waals surface area (Å²) in [5, 5.41) is 1.85. The Morgan fingerprint density at radius 1 is 0.870 bits per heavy atom. The van der Waals surface area contributed by atoms with Gasteiger partial charge in [-0.05, 0) is 50.1 Å². The van der Waals surface area contributed by atoms with Crippen molar-refractivity contribution in [3.8, 4) is 0 Å². The summed E-state index contributed by atoms with van der Waals surface area (Å²) in [5.74, 6) is -0.197. The highest BCUT2D eigenvalue weighted by molar-refractivity contribution is 8.03. The Morgan fingerprint density at radius 2 is 1.48 bits per heavy atom. The van der Waals surface area contributed by atoms with E-state index in [0.717, 1.165) is 44.1 Å². The van der Waals surface area contributed by atoms with Crippen molar-refractivity contribution in [2.75, 3.05) is 19.8 Å². The van der Waals surface area contributed by atoms with Crippen LogP contribution in [0.25, 0.3) is 0 Å². The molecule has 0 saturated carbocycles. The average Bonchev–Trinajstić information content (AvgIpc) is 3.69. The lowest BCUT2D eigenvalue weighted by atomic mass is 10.0. The van der Waals surface area contributed by atoms with Crippen molar-refractivity contribution in [3.63, 3.8) is 0 Å². The molecule has 0 N–H and O–H groups in total. The number of unbranched alkanes of at least 4 members (excludes halogenated alkanes) is 15. The standard InChI is InChI=1S/C36H59NO7S2/c1-3-4-5-6-7-8-9-10-11-12-13-14-18-21-35-42-30-32(43-35)29-41-34(38)20-17-15-16-19-26-37-27-28-45-36(37)44-46(39,40)33-24-22-31(2)23-25-33/h22-25,27-28,32,35-36H,3-21,26,29-30H2,1-2H3. The van der Waals surface area contributed by atoms with Gasteiger partial charge in [-0.15, -0.1) is 0 Å². The molecule has 0 amide bonds. The second-order valence-corrected chi connectivity index (χ2v) is 15.2. The molecule has 46 heavy (non-hydrogen) atoms. The zero-order valence-corrected chi connectivity index (χ0v) is 30.0. The molecule has 1 aromatic carbocycles. The number of nitrogens with zero attached hydrogens (tertiary/aromatic N) is 1. The van der Waals surface area contributed by atoms with Crippen molar-refractivity contribution in [1.82, 2.24) is 4.90 Å². The fourth-order valence-electron chi connectivity index (χ4n) is 5.71. The Morgan fingerprint density at radius 3 is 2.15 bits per heavy atom. The van der Waals surface area contributed by atoms with E-state index < -0.39 is 15.7 Å². The quantitative estimate of drug-likeness (QED) is 0.0539. The highest BCUT2D eigenvalue weighted by atomic mass is 32.2. The van der Waals surface area contributed by atoms with Gasteiger partial charge in [0.25, 0.3) is 10.1 Å². The summed E-state index contributed by atoms with van der Waals surface area (Å²) in [4.78, 5) is 14.3. The summed E-state index contributed by atoms with van der Waals surface area (Å²) in [5.41, 5.74) is 0.393. The van der Waals surface area contributed by atoms with Crippen molar-refractivity contribution in [1.29, 1.82) is 0 Å². The fraction of sp³-hybridized carbons (Fsp3) is 0.750. The molecule has 2 aliphatic rings. The first kappa shape index (κ1) is 38.9. The van der Waals surface area contributed by atoms with Crippen LogP contribution in [0.15, 0.2) is 40.8 Å². The predicted octanol–water partition coefficient (Wildman–Crippen LogP) is 9.22. The Bertz CT molecular complexity index is 1100. The third-order valence-electron chi connectivity index (χ3n) is 8.57. The number of carbonyl (C=O) groups excluding carboxylic acids is 1. The maximum atomic E-state index is 12.7. The lowest BCUT2D eigenvalue weighted by Gasteiger charge is -2.24. The first-order valence-corrected chi connectivity index (χ1v) is 20.2. The molecule has 0 aliphatic carbocycles. The fourth-order valence-corrected chi connectivity index (χ4v) is 7.80. The highest BCUT2D eigenvalue weighted by Gasteiger charge is 2.28. The monoisotopic (exact) mass is 681 g/mol. The number of hydrogen-bond acceptors (Lipinski definition) is 9. The molecule has 0 bridgehead atoms. The second-order valence-electron chi connectivity index (χ2n) is 12.7. The van der Waals surface area contributed by atoms with Crippen molar-refractivity contribution in [2.45, 2.75) is 159 Å². The lowest BCUT2D eigenvalue weighted by molar-refractivity contribution is -0.148. The molecule has 1 fully saturated rings. The Kier molecular flexibility index (Phi) is 19.3. The third-order valence-corrected chi connectivity index (χ3v) is 10.9. The Balaban J connectivity index is 1.12. The molecule has 8 nitrogen and oxygen atoms in total. The zero-order valence-electron chi connectivity index (χ0n) is 28.4. The van der Waals surface area contributed by atoms with Crippen LogP contribution in [0.1, 0.15) is 134 Å². The van der Waals surface area contributed by atoms with Crippen molar-refractivity contribution < 1.29 is 31.6 Å². The highest BCUT2D eigenvalue weighted by Crippen LogP contribution is 2.30. The molecule has 0 radical (unpaired) electrons. The minimum absolute atomic E-state index is 0.161. The van der Waals surface area contributed by atoms with Gasteiger partial charge in [0.05, 0.1) is 11.5 Å². The van der Waals surface area contributed by atoms with E-state index in [1.54, 1.807) is 24.3 Å². The number of rotatable bonds is 26. The van der Waals surface area contributed by atoms with Gasteiger partial charge in [-0.1, -0.05) is 126 Å². The number of ether oxygens (including phenoxy) is 3. The average molecular weight is 682 g/mol. The van der Waals surface area contributed by atoms with Crippen LogP contribution in [0.5, 0.6) is 0 Å². The van der Waals surface area contributed by atoms with Crippen molar-refractivity contribution >= 4 is 27.8 Å². The van der Waals surface area contributed by atoms with Crippen LogP contribution in [0.2, 0.25) is 0 Å². The summed E-state index contributed by atoms with van der Waals surface area (Å²) in [6.45, 7) is 5.60. The van der Waals surface area contributed by atoms with Crippen molar-refractivity contribution in [2.24, 2.45) is 0 Å². The molecule has 0 spiro atoms. The molecular formula is C36H59NO7S2. The van der Waals surface area contributed by atoms with E-state index in [-0.39, 0.29) is 29.9 Å². The molecule has 3 rings (SSSR count). The van der Waals surface area contributed by atoms with E-state index in [9.17, 15) is 13.2 Å². The van der Waals surface area contributed by atoms with E-state index in [1.165, 1.54) is 88.8 Å². The van der Waals surface area contributed by atoms with Gasteiger partial charge >= 0.3 is 5.97 Å². The van der Waals surface area contributed by atoms with Crippen molar-refractivity contribution in [3.05, 3.63) is 41.4 Å². The number of esters is 1. The van der Waals surface area contributed by atoms with Gasteiger partial charge in [0.15, 0.2) is 6.29 Å². The predicted molar refractivity (Wildman–Crippen MR) is 186 cm³/mol. The topological polar surface area (TPSA) is 91.4 Å². The lowest BCUT2D eigenvalue weighted by Crippen LogP contribution is -2.30. The number of hydrogen-bond donors (Lipinski definition) is 0. The summed E-state index contributed by atoms with van der Waals surface area (Å²) in [6.07, 6.45) is 23.7. The van der Waals surface area contributed by atoms with Gasteiger partial charge in [-0.2, -0.15) is 8.42 Å². The van der Waals surface area contributed by atoms with E-state index >= 15 is 0 Å². The zero-order chi connectivity index (χ0) is 32.9. The molecular weight excluding hydrogens is 623 g/mol. The maximum absolute atomic E-state index is 12.7. The number of benzene rings is 1. The maximum Gasteiger partial charge on any atom is 0.305 e. The molecule has 3 unspecified atom stereocenters. The Labute approximate surface area is 283 Å². The molecule has 1 aromatic rings. The second kappa shape index (κ2) is 22.9.